The Bertz CT molecular complexity index is 349. The number of ether oxygens (including phenoxy) is 2. The first-order valence-corrected chi connectivity index (χ1v) is 7.02. The van der Waals surface area contributed by atoms with E-state index in [2.05, 4.69) is 15.9 Å². The van der Waals surface area contributed by atoms with Gasteiger partial charge in [-0.15, -0.1) is 0 Å². The molecule has 0 aromatic heterocycles. The van der Waals surface area contributed by atoms with Gasteiger partial charge >= 0.3 is 0 Å². The lowest BCUT2D eigenvalue weighted by molar-refractivity contribution is 0.0390. The van der Waals surface area contributed by atoms with Crippen LogP contribution in [0, 0.1) is 0 Å². The molecule has 2 N–H and O–H groups in total. The van der Waals surface area contributed by atoms with Crippen molar-refractivity contribution in [3.63, 3.8) is 0 Å². The van der Waals surface area contributed by atoms with Gasteiger partial charge < -0.3 is 19.7 Å². The molecule has 0 bridgehead atoms. The minimum absolute atomic E-state index is 0.112. The Balaban J connectivity index is 2.65. The molecule has 0 aliphatic heterocycles. The van der Waals surface area contributed by atoms with Crippen molar-refractivity contribution < 1.29 is 19.7 Å². The molecule has 108 valence electrons. The zero-order chi connectivity index (χ0) is 14.1. The highest BCUT2D eigenvalue weighted by molar-refractivity contribution is 9.10. The molecular formula is C14H21BrO4. The molecule has 1 rings (SSSR count). The number of methoxy groups -OCH3 is 1. The molecule has 5 heteroatoms. The standard InChI is InChI=1S/C14H21BrO4/c1-18-8-9-19-7-6-14(10-16,11-17)12-2-4-13(15)5-3-12/h2-5,16-17H,6-11H2,1H3. The number of benzene rings is 1. The molecule has 0 aliphatic carbocycles. The second kappa shape index (κ2) is 8.66. The van der Waals surface area contributed by atoms with E-state index in [4.69, 9.17) is 9.47 Å². The number of halogens is 1. The number of aliphatic hydroxyl groups is 2. The molecule has 0 spiro atoms. The molecular weight excluding hydrogens is 312 g/mol. The number of hydrogen-bond acceptors (Lipinski definition) is 4. The van der Waals surface area contributed by atoms with Crippen LogP contribution in [0.1, 0.15) is 12.0 Å². The van der Waals surface area contributed by atoms with Gasteiger partial charge in [0.2, 0.25) is 0 Å². The van der Waals surface area contributed by atoms with Crippen molar-refractivity contribution in [3.05, 3.63) is 34.3 Å². The largest absolute Gasteiger partial charge is 0.395 e. The van der Waals surface area contributed by atoms with Gasteiger partial charge in [0.1, 0.15) is 0 Å². The normalized spacial score (nSPS) is 11.8. The van der Waals surface area contributed by atoms with Gasteiger partial charge in [0, 0.05) is 23.6 Å². The molecule has 0 fully saturated rings. The lowest BCUT2D eigenvalue weighted by atomic mass is 9.79. The molecule has 0 aliphatic rings. The Kier molecular flexibility index (Phi) is 7.56. The van der Waals surface area contributed by atoms with Gasteiger partial charge in [-0.3, -0.25) is 0 Å². The highest BCUT2D eigenvalue weighted by atomic mass is 79.9. The van der Waals surface area contributed by atoms with Gasteiger partial charge in [-0.05, 0) is 24.1 Å². The van der Waals surface area contributed by atoms with Gasteiger partial charge in [-0.2, -0.15) is 0 Å². The van der Waals surface area contributed by atoms with E-state index in [0.717, 1.165) is 10.0 Å². The zero-order valence-corrected chi connectivity index (χ0v) is 12.7. The maximum Gasteiger partial charge on any atom is 0.0700 e. The number of hydrogen-bond donors (Lipinski definition) is 2. The van der Waals surface area contributed by atoms with Crippen molar-refractivity contribution in [1.82, 2.24) is 0 Å². The maximum atomic E-state index is 9.65. The van der Waals surface area contributed by atoms with Crippen molar-refractivity contribution in [1.29, 1.82) is 0 Å². The predicted molar refractivity (Wildman–Crippen MR) is 77.3 cm³/mol. The van der Waals surface area contributed by atoms with Crippen molar-refractivity contribution in [2.75, 3.05) is 40.1 Å². The van der Waals surface area contributed by atoms with Crippen molar-refractivity contribution in [2.45, 2.75) is 11.8 Å². The molecule has 0 heterocycles. The quantitative estimate of drug-likeness (QED) is 0.676. The third-order valence-corrected chi connectivity index (χ3v) is 3.75. The van der Waals surface area contributed by atoms with Gasteiger partial charge in [0.25, 0.3) is 0 Å². The number of rotatable bonds is 9. The molecule has 0 saturated carbocycles. The van der Waals surface area contributed by atoms with Crippen LogP contribution in [0.25, 0.3) is 0 Å². The van der Waals surface area contributed by atoms with Crippen LogP contribution in [-0.4, -0.2) is 50.4 Å². The summed E-state index contributed by atoms with van der Waals surface area (Å²) in [6.07, 6.45) is 0.561. The molecule has 19 heavy (non-hydrogen) atoms. The summed E-state index contributed by atoms with van der Waals surface area (Å²) in [5, 5.41) is 19.3. The maximum absolute atomic E-state index is 9.65. The third kappa shape index (κ3) is 4.85. The van der Waals surface area contributed by atoms with Gasteiger partial charge in [0.15, 0.2) is 0 Å². The SMILES string of the molecule is COCCOCCC(CO)(CO)c1ccc(Br)cc1. The van der Waals surface area contributed by atoms with Gasteiger partial charge in [-0.25, -0.2) is 0 Å². The third-order valence-electron chi connectivity index (χ3n) is 3.22. The van der Waals surface area contributed by atoms with E-state index in [1.807, 2.05) is 24.3 Å². The zero-order valence-electron chi connectivity index (χ0n) is 11.1. The van der Waals surface area contributed by atoms with Crippen LogP contribution < -0.4 is 0 Å². The summed E-state index contributed by atoms with van der Waals surface area (Å²) < 4.78 is 11.3. The van der Waals surface area contributed by atoms with Crippen LogP contribution in [0.4, 0.5) is 0 Å². The first kappa shape index (κ1) is 16.6. The first-order valence-electron chi connectivity index (χ1n) is 6.23. The lowest BCUT2D eigenvalue weighted by Gasteiger charge is -2.30. The Hall–Kier alpha value is -0.460. The molecule has 4 nitrogen and oxygen atoms in total. The van der Waals surface area contributed by atoms with Crippen LogP contribution in [-0.2, 0) is 14.9 Å². The van der Waals surface area contributed by atoms with Crippen LogP contribution >= 0.6 is 15.9 Å². The molecule has 0 radical (unpaired) electrons. The minimum atomic E-state index is -0.659. The minimum Gasteiger partial charge on any atom is -0.395 e. The number of aliphatic hydroxyl groups excluding tert-OH is 2. The second-order valence-electron chi connectivity index (χ2n) is 4.46. The van der Waals surface area contributed by atoms with Crippen LogP contribution in [0.15, 0.2) is 28.7 Å². The fourth-order valence-electron chi connectivity index (χ4n) is 1.85. The van der Waals surface area contributed by atoms with E-state index in [9.17, 15) is 10.2 Å². The lowest BCUT2D eigenvalue weighted by Crippen LogP contribution is -2.36. The fraction of sp³-hybridized carbons (Fsp3) is 0.571. The fourth-order valence-corrected chi connectivity index (χ4v) is 2.11. The van der Waals surface area contributed by atoms with E-state index in [1.165, 1.54) is 0 Å². The average molecular weight is 333 g/mol. The summed E-state index contributed by atoms with van der Waals surface area (Å²) in [6.45, 7) is 1.31. The molecule has 0 unspecified atom stereocenters. The summed E-state index contributed by atoms with van der Waals surface area (Å²) in [6, 6.07) is 7.62. The van der Waals surface area contributed by atoms with E-state index in [1.54, 1.807) is 7.11 Å². The molecule has 0 atom stereocenters. The Labute approximate surface area is 122 Å². The predicted octanol–water partition coefficient (Wildman–Crippen LogP) is 1.72. The topological polar surface area (TPSA) is 58.9 Å². The van der Waals surface area contributed by atoms with Crippen LogP contribution in [0.5, 0.6) is 0 Å². The summed E-state index contributed by atoms with van der Waals surface area (Å²) in [5.41, 5.74) is 0.254. The van der Waals surface area contributed by atoms with E-state index in [0.29, 0.717) is 26.2 Å². The second-order valence-corrected chi connectivity index (χ2v) is 5.37. The van der Waals surface area contributed by atoms with Crippen LogP contribution in [0.2, 0.25) is 0 Å². The summed E-state index contributed by atoms with van der Waals surface area (Å²) in [4.78, 5) is 0. The molecule has 0 saturated heterocycles. The first-order chi connectivity index (χ1) is 9.18. The van der Waals surface area contributed by atoms with Crippen LogP contribution in [0.3, 0.4) is 0 Å². The summed E-state index contributed by atoms with van der Waals surface area (Å²) >= 11 is 3.37. The van der Waals surface area contributed by atoms with Gasteiger partial charge in [-0.1, -0.05) is 28.1 Å². The highest BCUT2D eigenvalue weighted by Crippen LogP contribution is 2.28. The van der Waals surface area contributed by atoms with E-state index < -0.39 is 5.41 Å². The summed E-state index contributed by atoms with van der Waals surface area (Å²) in [5.74, 6) is 0. The monoisotopic (exact) mass is 332 g/mol. The summed E-state index contributed by atoms with van der Waals surface area (Å²) in [7, 11) is 1.62. The van der Waals surface area contributed by atoms with Crippen molar-refractivity contribution in [3.8, 4) is 0 Å². The smallest absolute Gasteiger partial charge is 0.0700 e. The molecule has 1 aromatic carbocycles. The molecule has 1 aromatic rings. The molecule has 0 amide bonds. The Morgan fingerprint density at radius 2 is 1.68 bits per heavy atom. The van der Waals surface area contributed by atoms with Crippen molar-refractivity contribution >= 4 is 15.9 Å². The Morgan fingerprint density at radius 1 is 1.05 bits per heavy atom. The van der Waals surface area contributed by atoms with Crippen molar-refractivity contribution in [2.24, 2.45) is 0 Å². The average Bonchev–Trinajstić information content (AvgIpc) is 2.45. The van der Waals surface area contributed by atoms with E-state index >= 15 is 0 Å². The van der Waals surface area contributed by atoms with E-state index in [-0.39, 0.29) is 13.2 Å². The Morgan fingerprint density at radius 3 is 2.21 bits per heavy atom. The highest BCUT2D eigenvalue weighted by Gasteiger charge is 2.30. The van der Waals surface area contributed by atoms with Gasteiger partial charge in [0.05, 0.1) is 26.4 Å².